The van der Waals surface area contributed by atoms with Gasteiger partial charge in [0.2, 0.25) is 5.91 Å². The van der Waals surface area contributed by atoms with E-state index in [0.717, 1.165) is 23.6 Å². The Morgan fingerprint density at radius 2 is 2.09 bits per heavy atom. The average Bonchev–Trinajstić information content (AvgIpc) is 3.15. The van der Waals surface area contributed by atoms with Gasteiger partial charge in [0.05, 0.1) is 17.4 Å². The van der Waals surface area contributed by atoms with Gasteiger partial charge in [-0.05, 0) is 55.3 Å². The molecule has 174 valence electrons. The summed E-state index contributed by atoms with van der Waals surface area (Å²) in [6, 6.07) is 9.55. The number of aromatic nitrogens is 3. The summed E-state index contributed by atoms with van der Waals surface area (Å²) in [5.41, 5.74) is 1.41. The van der Waals surface area contributed by atoms with Crippen LogP contribution in [0.4, 0.5) is 10.1 Å². The van der Waals surface area contributed by atoms with Crippen molar-refractivity contribution in [2.75, 3.05) is 17.7 Å². The molecule has 0 unspecified atom stereocenters. The van der Waals surface area contributed by atoms with Crippen molar-refractivity contribution >= 4 is 46.6 Å². The number of ether oxygens (including phenoxy) is 1. The van der Waals surface area contributed by atoms with Crippen molar-refractivity contribution in [2.24, 2.45) is 0 Å². The molecule has 0 spiro atoms. The van der Waals surface area contributed by atoms with Crippen molar-refractivity contribution in [3.8, 4) is 5.75 Å². The summed E-state index contributed by atoms with van der Waals surface area (Å²) >= 11 is 13.0. The van der Waals surface area contributed by atoms with E-state index in [2.05, 4.69) is 22.1 Å². The summed E-state index contributed by atoms with van der Waals surface area (Å²) in [4.78, 5) is 12.3. The van der Waals surface area contributed by atoms with Gasteiger partial charge in [-0.25, -0.2) is 4.39 Å². The maximum atomic E-state index is 13.3. The number of rotatable bonds is 11. The number of nitrogens with zero attached hydrogens (tertiary/aromatic N) is 3. The molecule has 0 saturated heterocycles. The normalized spacial score (nSPS) is 10.8. The molecule has 1 N–H and O–H groups in total. The Balaban J connectivity index is 1.53. The number of carbonyl (C=O) groups is 1. The molecule has 3 rings (SSSR count). The number of hydrogen-bond acceptors (Lipinski definition) is 5. The van der Waals surface area contributed by atoms with Crippen LogP contribution in [0.1, 0.15) is 17.8 Å². The van der Waals surface area contributed by atoms with E-state index in [-0.39, 0.29) is 16.7 Å². The Labute approximate surface area is 206 Å². The van der Waals surface area contributed by atoms with E-state index < -0.39 is 5.82 Å². The minimum atomic E-state index is -0.539. The monoisotopic (exact) mass is 508 g/mol. The molecular formula is C23H23Cl2FN4O2S. The number of thioether (sulfide) groups is 1. The van der Waals surface area contributed by atoms with Crippen LogP contribution in [0.15, 0.2) is 54.2 Å². The average molecular weight is 509 g/mol. The van der Waals surface area contributed by atoms with E-state index in [4.69, 9.17) is 27.9 Å². The SMILES string of the molecule is C=CCn1c(CCCOc2ccc(Cl)cc2C)nnc1SCC(=O)Nc1ccc(F)c(Cl)c1. The molecule has 2 aromatic carbocycles. The highest BCUT2D eigenvalue weighted by atomic mass is 35.5. The Bertz CT molecular complexity index is 1140. The molecule has 0 atom stereocenters. The highest BCUT2D eigenvalue weighted by molar-refractivity contribution is 7.99. The highest BCUT2D eigenvalue weighted by Gasteiger charge is 2.14. The van der Waals surface area contributed by atoms with Gasteiger partial charge in [0.1, 0.15) is 17.4 Å². The van der Waals surface area contributed by atoms with Gasteiger partial charge in [0.25, 0.3) is 0 Å². The molecule has 33 heavy (non-hydrogen) atoms. The third kappa shape index (κ3) is 7.22. The summed E-state index contributed by atoms with van der Waals surface area (Å²) in [5.74, 6) is 0.909. The number of halogens is 3. The molecule has 6 nitrogen and oxygen atoms in total. The van der Waals surface area contributed by atoms with Crippen LogP contribution < -0.4 is 10.1 Å². The largest absolute Gasteiger partial charge is 0.493 e. The second-order valence-corrected chi connectivity index (χ2v) is 8.91. The summed E-state index contributed by atoms with van der Waals surface area (Å²) < 4.78 is 21.0. The molecule has 0 aliphatic heterocycles. The first-order valence-corrected chi connectivity index (χ1v) is 11.9. The van der Waals surface area contributed by atoms with E-state index in [9.17, 15) is 9.18 Å². The van der Waals surface area contributed by atoms with Crippen molar-refractivity contribution in [1.29, 1.82) is 0 Å². The molecule has 0 aliphatic rings. The van der Waals surface area contributed by atoms with E-state index in [1.165, 1.54) is 30.0 Å². The fourth-order valence-electron chi connectivity index (χ4n) is 3.01. The number of aryl methyl sites for hydroxylation is 2. The van der Waals surface area contributed by atoms with Crippen LogP contribution in [0.3, 0.4) is 0 Å². The van der Waals surface area contributed by atoms with Gasteiger partial charge in [-0.3, -0.25) is 4.79 Å². The molecule has 0 saturated carbocycles. The second kappa shape index (κ2) is 12.1. The number of nitrogens with one attached hydrogen (secondary N) is 1. The van der Waals surface area contributed by atoms with Crippen molar-refractivity contribution in [3.05, 3.63) is 76.3 Å². The molecule has 1 heterocycles. The van der Waals surface area contributed by atoms with Crippen LogP contribution in [0, 0.1) is 12.7 Å². The minimum Gasteiger partial charge on any atom is -0.493 e. The van der Waals surface area contributed by atoms with Crippen molar-refractivity contribution in [3.63, 3.8) is 0 Å². The smallest absolute Gasteiger partial charge is 0.234 e. The molecule has 0 aliphatic carbocycles. The summed E-state index contributed by atoms with van der Waals surface area (Å²) in [6.07, 6.45) is 3.16. The number of amides is 1. The Morgan fingerprint density at radius 3 is 2.82 bits per heavy atom. The molecule has 1 aromatic heterocycles. The first kappa shape index (κ1) is 25.1. The van der Waals surface area contributed by atoms with E-state index in [0.29, 0.717) is 35.4 Å². The van der Waals surface area contributed by atoms with Gasteiger partial charge in [-0.2, -0.15) is 0 Å². The standard InChI is InChI=1S/C23H23Cl2FN4O2S/c1-3-10-30-21(5-4-11-32-20-9-6-16(24)12-15(20)2)28-29-23(30)33-14-22(31)27-17-7-8-19(26)18(25)13-17/h3,6-9,12-13H,1,4-5,10-11,14H2,2H3,(H,27,31). The summed E-state index contributed by atoms with van der Waals surface area (Å²) in [5, 5.41) is 12.4. The fraction of sp³-hybridized carbons (Fsp3) is 0.261. The minimum absolute atomic E-state index is 0.0500. The number of carbonyl (C=O) groups excluding carboxylic acids is 1. The van der Waals surface area contributed by atoms with Crippen LogP contribution in [0.5, 0.6) is 5.75 Å². The lowest BCUT2D eigenvalue weighted by molar-refractivity contribution is -0.113. The lowest BCUT2D eigenvalue weighted by Crippen LogP contribution is -2.15. The lowest BCUT2D eigenvalue weighted by Gasteiger charge is -2.10. The molecule has 1 amide bonds. The topological polar surface area (TPSA) is 69.0 Å². The molecule has 10 heteroatoms. The second-order valence-electron chi connectivity index (χ2n) is 7.13. The zero-order valence-electron chi connectivity index (χ0n) is 18.0. The number of allylic oxidation sites excluding steroid dienone is 1. The van der Waals surface area contributed by atoms with Crippen LogP contribution in [0.2, 0.25) is 10.0 Å². The van der Waals surface area contributed by atoms with Crippen LogP contribution in [-0.4, -0.2) is 33.0 Å². The third-order valence-corrected chi connectivity index (χ3v) is 6.07. The molecule has 0 fully saturated rings. The maximum absolute atomic E-state index is 13.3. The molecule has 3 aromatic rings. The van der Waals surface area contributed by atoms with Crippen LogP contribution in [-0.2, 0) is 17.8 Å². The van der Waals surface area contributed by atoms with Crippen molar-refractivity contribution in [1.82, 2.24) is 14.8 Å². The third-order valence-electron chi connectivity index (χ3n) is 4.58. The highest BCUT2D eigenvalue weighted by Crippen LogP contribution is 2.23. The van der Waals surface area contributed by atoms with Gasteiger partial charge < -0.3 is 14.6 Å². The predicted octanol–water partition coefficient (Wildman–Crippen LogP) is 5.96. The zero-order valence-corrected chi connectivity index (χ0v) is 20.3. The van der Waals surface area contributed by atoms with E-state index in [1.54, 1.807) is 12.1 Å². The zero-order chi connectivity index (χ0) is 23.8. The Morgan fingerprint density at radius 1 is 1.27 bits per heavy atom. The van der Waals surface area contributed by atoms with Crippen molar-refractivity contribution < 1.29 is 13.9 Å². The first-order valence-electron chi connectivity index (χ1n) is 10.2. The Hall–Kier alpha value is -2.55. The van der Waals surface area contributed by atoms with E-state index in [1.807, 2.05) is 23.6 Å². The lowest BCUT2D eigenvalue weighted by atomic mass is 10.2. The van der Waals surface area contributed by atoms with Gasteiger partial charge in [0, 0.05) is 23.7 Å². The summed E-state index contributed by atoms with van der Waals surface area (Å²) in [6.45, 7) is 6.79. The number of benzene rings is 2. The van der Waals surface area contributed by atoms with E-state index >= 15 is 0 Å². The predicted molar refractivity (Wildman–Crippen MR) is 131 cm³/mol. The molecule has 0 bridgehead atoms. The molecular weight excluding hydrogens is 486 g/mol. The Kier molecular flexibility index (Phi) is 9.17. The fourth-order valence-corrected chi connectivity index (χ4v) is 4.19. The maximum Gasteiger partial charge on any atom is 0.234 e. The quantitative estimate of drug-likeness (QED) is 0.196. The number of anilines is 1. The van der Waals surface area contributed by atoms with Gasteiger partial charge >= 0.3 is 0 Å². The van der Waals surface area contributed by atoms with Crippen LogP contribution in [0.25, 0.3) is 0 Å². The van der Waals surface area contributed by atoms with Gasteiger partial charge in [-0.15, -0.1) is 16.8 Å². The van der Waals surface area contributed by atoms with Gasteiger partial charge in [0.15, 0.2) is 5.16 Å². The molecule has 0 radical (unpaired) electrons. The van der Waals surface area contributed by atoms with Gasteiger partial charge in [-0.1, -0.05) is 41.0 Å². The van der Waals surface area contributed by atoms with Crippen molar-refractivity contribution in [2.45, 2.75) is 31.5 Å². The summed E-state index contributed by atoms with van der Waals surface area (Å²) in [7, 11) is 0. The van der Waals surface area contributed by atoms with Crippen LogP contribution >= 0.6 is 35.0 Å². The number of hydrogen-bond donors (Lipinski definition) is 1. The first-order chi connectivity index (χ1) is 15.9.